The molecule has 0 unspecified atom stereocenters. The summed E-state index contributed by atoms with van der Waals surface area (Å²) in [5.41, 5.74) is 7.34. The fourth-order valence-corrected chi connectivity index (χ4v) is 6.05. The van der Waals surface area contributed by atoms with Gasteiger partial charge in [-0.1, -0.05) is 92.9 Å². The Morgan fingerprint density at radius 1 is 0.826 bits per heavy atom. The molecule has 5 heteroatoms. The Morgan fingerprint density at radius 3 is 2.22 bits per heavy atom. The van der Waals surface area contributed by atoms with Crippen LogP contribution in [0, 0.1) is 24.8 Å². The Balaban J connectivity index is 0.000000259. The number of para-hydroxylation sites is 1. The van der Waals surface area contributed by atoms with E-state index in [9.17, 15) is 9.90 Å². The number of hydrogen-bond donors (Lipinski definition) is 1. The van der Waals surface area contributed by atoms with Crippen molar-refractivity contribution in [1.82, 2.24) is 4.98 Å². The molecule has 0 aliphatic heterocycles. The molecule has 4 nitrogen and oxygen atoms in total. The number of furan rings is 1. The second kappa shape index (κ2) is 16.0. The van der Waals surface area contributed by atoms with E-state index in [1.54, 1.807) is 0 Å². The van der Waals surface area contributed by atoms with Crippen LogP contribution in [0.25, 0.3) is 55.1 Å². The van der Waals surface area contributed by atoms with Gasteiger partial charge in [0, 0.05) is 55.0 Å². The molecule has 0 saturated carbocycles. The maximum Gasteiger partial charge on any atom is 0.162 e. The van der Waals surface area contributed by atoms with E-state index < -0.39 is 0 Å². The van der Waals surface area contributed by atoms with Gasteiger partial charge in [-0.05, 0) is 67.3 Å². The van der Waals surface area contributed by atoms with Gasteiger partial charge in [-0.25, -0.2) is 0 Å². The molecule has 46 heavy (non-hydrogen) atoms. The van der Waals surface area contributed by atoms with Crippen LogP contribution >= 0.6 is 0 Å². The number of carbonyl (C=O) groups is 1. The number of aliphatic hydroxyl groups is 1. The van der Waals surface area contributed by atoms with E-state index in [2.05, 4.69) is 84.7 Å². The number of rotatable bonds is 9. The third-order valence-electron chi connectivity index (χ3n) is 8.80. The zero-order valence-electron chi connectivity index (χ0n) is 27.3. The van der Waals surface area contributed by atoms with Gasteiger partial charge in [-0.3, -0.25) is 4.79 Å². The van der Waals surface area contributed by atoms with Crippen molar-refractivity contribution in [3.8, 4) is 22.4 Å². The minimum absolute atomic E-state index is 0. The van der Waals surface area contributed by atoms with Crippen molar-refractivity contribution in [2.24, 2.45) is 11.8 Å². The molecule has 4 aromatic carbocycles. The summed E-state index contributed by atoms with van der Waals surface area (Å²) in [6.45, 7) is 10.2. The maximum atomic E-state index is 11.7. The topological polar surface area (TPSA) is 63.3 Å². The number of aryl methyl sites for hydroxylation is 1. The van der Waals surface area contributed by atoms with Gasteiger partial charge in [-0.15, -0.1) is 29.8 Å². The summed E-state index contributed by atoms with van der Waals surface area (Å²) >= 11 is 0. The normalized spacial score (nSPS) is 11.6. The van der Waals surface area contributed by atoms with Crippen LogP contribution in [0.2, 0.25) is 0 Å². The van der Waals surface area contributed by atoms with E-state index in [-0.39, 0.29) is 43.5 Å². The zero-order chi connectivity index (χ0) is 31.9. The molecule has 0 saturated heterocycles. The van der Waals surface area contributed by atoms with Crippen molar-refractivity contribution < 1.29 is 34.4 Å². The second-order valence-electron chi connectivity index (χ2n) is 11.6. The third-order valence-corrected chi connectivity index (χ3v) is 8.80. The number of pyridine rings is 1. The van der Waals surface area contributed by atoms with Crippen molar-refractivity contribution in [2.75, 3.05) is 0 Å². The van der Waals surface area contributed by atoms with Crippen LogP contribution in [0.1, 0.15) is 58.9 Å². The number of nitrogens with zero attached hydrogens (tertiary/aromatic N) is 1. The first kappa shape index (κ1) is 34.8. The maximum absolute atomic E-state index is 11.7. The van der Waals surface area contributed by atoms with Crippen molar-refractivity contribution >= 4 is 38.5 Å². The molecule has 0 amide bonds. The summed E-state index contributed by atoms with van der Waals surface area (Å²) in [5.74, 6) is 0.547. The molecule has 0 bridgehead atoms. The number of ketones is 1. The molecular weight excluding hydrogens is 747 g/mol. The molecule has 6 aromatic rings. The Bertz CT molecular complexity index is 1950. The van der Waals surface area contributed by atoms with Gasteiger partial charge in [0.15, 0.2) is 5.78 Å². The number of benzene rings is 4. The number of aliphatic hydroxyl groups excluding tert-OH is 1. The molecule has 0 aliphatic carbocycles. The second-order valence-corrected chi connectivity index (χ2v) is 11.6. The number of carbonyl (C=O) groups excluding carboxylic acids is 1. The fraction of sp³-hybridized carbons (Fsp3) is 0.268. The van der Waals surface area contributed by atoms with Gasteiger partial charge >= 0.3 is 0 Å². The minimum Gasteiger partial charge on any atom is -0.512 e. The molecule has 1 N–H and O–H groups in total. The zero-order valence-corrected chi connectivity index (χ0v) is 29.7. The molecular formula is C41H42IrNO3-. The summed E-state index contributed by atoms with van der Waals surface area (Å²) in [6.07, 6.45) is 6.75. The summed E-state index contributed by atoms with van der Waals surface area (Å²) in [6, 6.07) is 32.8. The van der Waals surface area contributed by atoms with Crippen LogP contribution in [0.5, 0.6) is 0 Å². The van der Waals surface area contributed by atoms with Crippen molar-refractivity contribution in [2.45, 2.75) is 60.3 Å². The largest absolute Gasteiger partial charge is 0.512 e. The summed E-state index contributed by atoms with van der Waals surface area (Å²) < 4.78 is 6.07. The Labute approximate surface area is 285 Å². The van der Waals surface area contributed by atoms with Crippen LogP contribution in [0.3, 0.4) is 0 Å². The molecule has 6 rings (SSSR count). The van der Waals surface area contributed by atoms with E-state index in [4.69, 9.17) is 4.42 Å². The SMILES string of the molecule is CCC(CC)C(=O)/C=C(\O)C(CC)CC.Cc1ccnc(-c2[c-]cc(-c3cccc4c3ccc3oc5ccccc5c34)cc2)c1.[Ir]. The van der Waals surface area contributed by atoms with Crippen molar-refractivity contribution in [1.29, 1.82) is 0 Å². The van der Waals surface area contributed by atoms with Gasteiger partial charge in [0.05, 0.1) is 5.76 Å². The smallest absolute Gasteiger partial charge is 0.162 e. The average molecular weight is 789 g/mol. The Hall–Kier alpha value is -4.05. The van der Waals surface area contributed by atoms with E-state index in [1.807, 2.05) is 52.1 Å². The predicted molar refractivity (Wildman–Crippen MR) is 187 cm³/mol. The van der Waals surface area contributed by atoms with Gasteiger partial charge < -0.3 is 14.5 Å². The molecule has 1 radical (unpaired) electrons. The van der Waals surface area contributed by atoms with Crippen LogP contribution < -0.4 is 0 Å². The average Bonchev–Trinajstić information content (AvgIpc) is 3.45. The Morgan fingerprint density at radius 2 is 1.54 bits per heavy atom. The Kier molecular flexibility index (Phi) is 12.1. The van der Waals surface area contributed by atoms with Gasteiger partial charge in [-0.2, -0.15) is 0 Å². The van der Waals surface area contributed by atoms with Gasteiger partial charge in [0.25, 0.3) is 0 Å². The molecule has 2 aromatic heterocycles. The monoisotopic (exact) mass is 789 g/mol. The summed E-state index contributed by atoms with van der Waals surface area (Å²) in [4.78, 5) is 16.2. The first-order valence-electron chi connectivity index (χ1n) is 16.1. The van der Waals surface area contributed by atoms with Crippen LogP contribution in [0.15, 0.2) is 107 Å². The van der Waals surface area contributed by atoms with Crippen molar-refractivity contribution in [3.63, 3.8) is 0 Å². The number of hydrogen-bond acceptors (Lipinski definition) is 4. The third kappa shape index (κ3) is 7.49. The first-order valence-corrected chi connectivity index (χ1v) is 16.1. The van der Waals surface area contributed by atoms with Gasteiger partial charge in [0.1, 0.15) is 11.2 Å². The first-order chi connectivity index (χ1) is 21.9. The standard InChI is InChI=1S/C28H18NO.C13H24O2.Ir/c1-18-15-16-29-25(17-18)20-11-9-19(10-12-20)21-6-4-7-23-22(21)13-14-27-28(23)24-5-2-3-8-26(24)30-27;1-5-10(6-2)12(14)9-13(15)11(7-3)8-4;/h2-11,13-17H,1H3;9-11,14H,5-8H2,1-4H3;/q-1;;/b;12-9-;. The predicted octanol–water partition coefficient (Wildman–Crippen LogP) is 11.4. The summed E-state index contributed by atoms with van der Waals surface area (Å²) in [5, 5.41) is 14.5. The van der Waals surface area contributed by atoms with Crippen LogP contribution in [-0.2, 0) is 24.9 Å². The van der Waals surface area contributed by atoms with Crippen LogP contribution in [-0.4, -0.2) is 15.9 Å². The molecule has 0 atom stereocenters. The van der Waals surface area contributed by atoms with E-state index >= 15 is 0 Å². The minimum atomic E-state index is 0. The number of aromatic nitrogens is 1. The van der Waals surface area contributed by atoms with Gasteiger partial charge in [0.2, 0.25) is 0 Å². The van der Waals surface area contributed by atoms with E-state index in [0.717, 1.165) is 59.1 Å². The summed E-state index contributed by atoms with van der Waals surface area (Å²) in [7, 11) is 0. The van der Waals surface area contributed by atoms with E-state index in [0.29, 0.717) is 0 Å². The molecule has 0 fully saturated rings. The molecule has 239 valence electrons. The number of fused-ring (bicyclic) bond motifs is 5. The number of allylic oxidation sites excluding steroid dienone is 2. The van der Waals surface area contributed by atoms with E-state index in [1.165, 1.54) is 33.4 Å². The fourth-order valence-electron chi connectivity index (χ4n) is 6.05. The van der Waals surface area contributed by atoms with Crippen molar-refractivity contribution in [3.05, 3.63) is 115 Å². The molecule has 0 spiro atoms. The molecule has 2 heterocycles. The van der Waals surface area contributed by atoms with Crippen LogP contribution in [0.4, 0.5) is 0 Å². The quantitative estimate of drug-likeness (QED) is 0.0900. The molecule has 0 aliphatic rings.